The molecule has 0 aliphatic carbocycles. The van der Waals surface area contributed by atoms with Crippen LogP contribution in [0.25, 0.3) is 11.2 Å². The van der Waals surface area contributed by atoms with Gasteiger partial charge in [-0.2, -0.15) is 9.97 Å². The number of nitrogen functional groups attached to an aromatic ring is 1. The number of rotatable bonds is 9. The third kappa shape index (κ3) is 5.13. The number of fused-ring (bicyclic) bond motifs is 1. The van der Waals surface area contributed by atoms with Crippen LogP contribution in [0.1, 0.15) is 33.9 Å². The maximum absolute atomic E-state index is 12.2. The Bertz CT molecular complexity index is 986. The number of nitrogens with one attached hydrogen (secondary N) is 2. The molecule has 0 bridgehead atoms. The second-order valence-electron chi connectivity index (χ2n) is 7.81. The number of nitrogens with zero attached hydrogens (tertiary/aromatic N) is 4. The molecular formula is C18H29N7O6P+. The third-order valence-corrected chi connectivity index (χ3v) is 5.98. The Morgan fingerprint density at radius 2 is 2.12 bits per heavy atom. The fourth-order valence-corrected chi connectivity index (χ4v) is 4.14. The molecule has 3 rings (SSSR count). The first kappa shape index (κ1) is 24.2. The number of aliphatic hydroxyl groups is 1. The molecule has 3 heterocycles. The van der Waals surface area contributed by atoms with Gasteiger partial charge in [0.05, 0.1) is 18.5 Å². The van der Waals surface area contributed by atoms with Gasteiger partial charge in [0.2, 0.25) is 5.95 Å². The van der Waals surface area contributed by atoms with Crippen LogP contribution in [0.5, 0.6) is 0 Å². The van der Waals surface area contributed by atoms with Crippen molar-refractivity contribution in [1.82, 2.24) is 24.6 Å². The molecule has 1 saturated heterocycles. The fraction of sp³-hybridized carbons (Fsp3) is 0.667. The molecule has 0 amide bonds. The van der Waals surface area contributed by atoms with Gasteiger partial charge in [-0.1, -0.05) is 12.0 Å². The average molecular weight is 470 g/mol. The summed E-state index contributed by atoms with van der Waals surface area (Å²) in [4.78, 5) is 24.5. The molecular weight excluding hydrogens is 441 g/mol. The van der Waals surface area contributed by atoms with Crippen molar-refractivity contribution in [3.05, 3.63) is 6.33 Å². The Hall–Kier alpha value is -2.44. The Morgan fingerprint density at radius 3 is 2.78 bits per heavy atom. The quantitative estimate of drug-likeness (QED) is 0.302. The summed E-state index contributed by atoms with van der Waals surface area (Å²) < 4.78 is 30.2. The van der Waals surface area contributed by atoms with Gasteiger partial charge in [-0.15, -0.1) is 4.52 Å². The summed E-state index contributed by atoms with van der Waals surface area (Å²) in [6.07, 6.45) is -0.995. The molecule has 1 aliphatic heterocycles. The van der Waals surface area contributed by atoms with E-state index in [1.54, 1.807) is 31.8 Å². The lowest BCUT2D eigenvalue weighted by molar-refractivity contribution is -0.149. The van der Waals surface area contributed by atoms with Gasteiger partial charge in [-0.3, -0.25) is 9.36 Å². The number of hydrogen-bond acceptors (Lipinski definition) is 11. The minimum absolute atomic E-state index is 0.0721. The Kier molecular flexibility index (Phi) is 7.57. The van der Waals surface area contributed by atoms with Crippen molar-refractivity contribution < 1.29 is 28.5 Å². The molecule has 0 aromatic carbocycles. The van der Waals surface area contributed by atoms with Crippen LogP contribution >= 0.6 is 8.18 Å². The summed E-state index contributed by atoms with van der Waals surface area (Å²) in [7, 11) is -0.683. The first-order chi connectivity index (χ1) is 15.1. The molecule has 1 aliphatic rings. The summed E-state index contributed by atoms with van der Waals surface area (Å²) in [5.74, 6) is -0.332. The van der Waals surface area contributed by atoms with E-state index in [1.165, 1.54) is 6.92 Å². The molecule has 13 nitrogen and oxygen atoms in total. The summed E-state index contributed by atoms with van der Waals surface area (Å²) in [6, 6.07) is -0.814. The number of esters is 1. The molecule has 32 heavy (non-hydrogen) atoms. The van der Waals surface area contributed by atoms with Crippen LogP contribution in [-0.2, 0) is 23.4 Å². The van der Waals surface area contributed by atoms with Crippen molar-refractivity contribution in [3.63, 3.8) is 0 Å². The van der Waals surface area contributed by atoms with Crippen LogP contribution in [0.2, 0.25) is 0 Å². The van der Waals surface area contributed by atoms with Crippen molar-refractivity contribution in [1.29, 1.82) is 0 Å². The minimum atomic E-state index is -2.38. The highest BCUT2D eigenvalue weighted by molar-refractivity contribution is 7.36. The molecule has 6 atom stereocenters. The van der Waals surface area contributed by atoms with Crippen LogP contribution in [-0.4, -0.2) is 68.6 Å². The zero-order chi connectivity index (χ0) is 23.6. The van der Waals surface area contributed by atoms with E-state index >= 15 is 0 Å². The number of aromatic nitrogens is 4. The second-order valence-corrected chi connectivity index (χ2v) is 8.84. The Balaban J connectivity index is 1.65. The predicted octanol–water partition coefficient (Wildman–Crippen LogP) is 0.948. The van der Waals surface area contributed by atoms with Gasteiger partial charge < -0.3 is 25.6 Å². The van der Waals surface area contributed by atoms with E-state index < -0.39 is 38.6 Å². The van der Waals surface area contributed by atoms with Gasteiger partial charge in [0.25, 0.3) is 0 Å². The highest BCUT2D eigenvalue weighted by Gasteiger charge is 2.44. The van der Waals surface area contributed by atoms with Gasteiger partial charge in [0.1, 0.15) is 25.0 Å². The highest BCUT2D eigenvalue weighted by Crippen LogP contribution is 2.37. The zero-order valence-corrected chi connectivity index (χ0v) is 19.4. The zero-order valence-electron chi connectivity index (χ0n) is 18.6. The van der Waals surface area contributed by atoms with Crippen LogP contribution in [0.3, 0.4) is 0 Å². The minimum Gasteiger partial charge on any atom is -0.462 e. The topological polar surface area (TPSA) is 176 Å². The lowest BCUT2D eigenvalue weighted by Gasteiger charge is -2.17. The molecule has 2 unspecified atom stereocenters. The fourth-order valence-electron chi connectivity index (χ4n) is 3.37. The number of anilines is 2. The molecule has 5 N–H and O–H groups in total. The number of imidazole rings is 1. The van der Waals surface area contributed by atoms with Gasteiger partial charge in [-0.05, 0) is 25.3 Å². The SMILES string of the molecule is CNc1nc(N)nc2c1ncn2[C@@H]1OC(CO[P+](=O)N[C@H](C)C(=O)OC(C)C)[C@@H](O)[C@@H]1C. The van der Waals surface area contributed by atoms with E-state index in [0.717, 1.165) is 0 Å². The first-order valence-electron chi connectivity index (χ1n) is 10.2. The van der Waals surface area contributed by atoms with E-state index in [0.29, 0.717) is 17.0 Å². The van der Waals surface area contributed by atoms with Gasteiger partial charge >= 0.3 is 14.1 Å². The first-order valence-corrected chi connectivity index (χ1v) is 11.4. The van der Waals surface area contributed by atoms with Crippen molar-refractivity contribution in [2.24, 2.45) is 5.92 Å². The van der Waals surface area contributed by atoms with Crippen LogP contribution in [0.15, 0.2) is 6.33 Å². The third-order valence-electron chi connectivity index (χ3n) is 4.99. The van der Waals surface area contributed by atoms with Crippen LogP contribution in [0, 0.1) is 5.92 Å². The maximum atomic E-state index is 12.2. The van der Waals surface area contributed by atoms with Crippen LogP contribution < -0.4 is 16.1 Å². The van der Waals surface area contributed by atoms with E-state index in [2.05, 4.69) is 25.4 Å². The van der Waals surface area contributed by atoms with Gasteiger partial charge in [0, 0.05) is 13.0 Å². The number of carbonyl (C=O) groups is 1. The maximum Gasteiger partial charge on any atom is 0.613 e. The Morgan fingerprint density at radius 1 is 1.41 bits per heavy atom. The summed E-state index contributed by atoms with van der Waals surface area (Å²) in [6.45, 7) is 6.63. The summed E-state index contributed by atoms with van der Waals surface area (Å²) >= 11 is 0. The highest BCUT2D eigenvalue weighted by atomic mass is 31.1. The molecule has 2 aromatic rings. The molecule has 0 radical (unpaired) electrons. The van der Waals surface area contributed by atoms with E-state index in [-0.39, 0.29) is 24.6 Å². The second kappa shape index (κ2) is 10.0. The van der Waals surface area contributed by atoms with Gasteiger partial charge in [0.15, 0.2) is 17.0 Å². The molecule has 0 spiro atoms. The Labute approximate surface area is 186 Å². The number of nitrogens with two attached hydrogens (primary N) is 1. The number of hydrogen-bond donors (Lipinski definition) is 4. The predicted molar refractivity (Wildman–Crippen MR) is 116 cm³/mol. The van der Waals surface area contributed by atoms with E-state index in [4.69, 9.17) is 19.7 Å². The normalized spacial score (nSPS) is 24.7. The summed E-state index contributed by atoms with van der Waals surface area (Å²) in [5.41, 5.74) is 6.77. The molecule has 1 fully saturated rings. The average Bonchev–Trinajstić information content (AvgIpc) is 3.26. The van der Waals surface area contributed by atoms with Crippen molar-refractivity contribution in [3.8, 4) is 0 Å². The molecule has 14 heteroatoms. The largest absolute Gasteiger partial charge is 0.613 e. The molecule has 0 saturated carbocycles. The number of ether oxygens (including phenoxy) is 2. The molecule has 176 valence electrons. The molecule has 2 aromatic heterocycles. The van der Waals surface area contributed by atoms with Gasteiger partial charge in [-0.25, -0.2) is 4.98 Å². The van der Waals surface area contributed by atoms with E-state index in [9.17, 15) is 14.5 Å². The van der Waals surface area contributed by atoms with Crippen molar-refractivity contribution in [2.45, 2.75) is 58.3 Å². The van der Waals surface area contributed by atoms with E-state index in [1.807, 2.05) is 6.92 Å². The lowest BCUT2D eigenvalue weighted by Crippen LogP contribution is -2.33. The van der Waals surface area contributed by atoms with Crippen molar-refractivity contribution >= 4 is 37.1 Å². The van der Waals surface area contributed by atoms with Crippen molar-refractivity contribution in [2.75, 3.05) is 24.7 Å². The standard InChI is InChI=1S/C18H29N7O6P/c1-8(2)30-17(27)10(4)24-32(28)29-6-11-13(26)9(3)16(31-11)25-7-21-12-14(20-5)22-18(19)23-15(12)25/h7-11,13,16,26H,6H2,1-5H3,(H,24,28)(H3,19,20,22,23)/q+1/t9-,10+,11?,13-,16+/m0/s1. The van der Waals surface area contributed by atoms with Crippen LogP contribution in [0.4, 0.5) is 11.8 Å². The monoisotopic (exact) mass is 470 g/mol. The lowest BCUT2D eigenvalue weighted by atomic mass is 10.0. The summed E-state index contributed by atoms with van der Waals surface area (Å²) in [5, 5.41) is 16.1. The smallest absolute Gasteiger partial charge is 0.462 e. The number of aliphatic hydroxyl groups excluding tert-OH is 1. The number of carbonyl (C=O) groups excluding carboxylic acids is 1.